The number of benzene rings is 2. The summed E-state index contributed by atoms with van der Waals surface area (Å²) >= 11 is 0. The third kappa shape index (κ3) is 5.30. The monoisotopic (exact) mass is 538 g/mol. The summed E-state index contributed by atoms with van der Waals surface area (Å²) in [5.74, 6) is -2.96. The highest BCUT2D eigenvalue weighted by molar-refractivity contribution is 5.84. The normalized spacial score (nSPS) is 13.9. The topological polar surface area (TPSA) is 186 Å². The van der Waals surface area contributed by atoms with Crippen LogP contribution in [0.25, 0.3) is 11.0 Å². The number of nitro benzene ring substituents is 1. The highest BCUT2D eigenvalue weighted by atomic mass is 16.6. The Hall–Kier alpha value is -4.75. The fourth-order valence-electron chi connectivity index (χ4n) is 4.35. The van der Waals surface area contributed by atoms with Crippen LogP contribution < -0.4 is 27.3 Å². The van der Waals surface area contributed by atoms with Crippen molar-refractivity contribution in [3.05, 3.63) is 107 Å². The molecule has 1 aliphatic heterocycles. The minimum atomic E-state index is -1.47. The number of nitrogens with zero attached hydrogens (tertiary/aromatic N) is 3. The molecular formula is C26H26N4O9. The van der Waals surface area contributed by atoms with Crippen LogP contribution in [-0.2, 0) is 18.8 Å². The maximum atomic E-state index is 13.0. The van der Waals surface area contributed by atoms with Crippen LogP contribution in [0.3, 0.4) is 0 Å². The predicted molar refractivity (Wildman–Crippen MR) is 137 cm³/mol. The molecule has 0 amide bonds. The van der Waals surface area contributed by atoms with E-state index >= 15 is 0 Å². The number of hydrogen-bond acceptors (Lipinski definition) is 9. The van der Waals surface area contributed by atoms with Crippen LogP contribution in [-0.4, -0.2) is 45.5 Å². The number of aromatic hydroxyl groups is 1. The van der Waals surface area contributed by atoms with Crippen molar-refractivity contribution >= 4 is 16.7 Å². The number of non-ortho nitro benzene ring substituents is 1. The number of para-hydroxylation sites is 1. The first-order chi connectivity index (χ1) is 18.6. The first kappa shape index (κ1) is 27.3. The fourth-order valence-corrected chi connectivity index (χ4v) is 4.35. The molecule has 2 aromatic heterocycles. The van der Waals surface area contributed by atoms with Gasteiger partial charge >= 0.3 is 11.3 Å². The van der Waals surface area contributed by atoms with E-state index < -0.39 is 50.5 Å². The van der Waals surface area contributed by atoms with Gasteiger partial charge in [-0.05, 0) is 23.6 Å². The Balaban J connectivity index is 0.000000519. The Morgan fingerprint density at radius 2 is 1.62 bits per heavy atom. The third-order valence-corrected chi connectivity index (χ3v) is 6.41. The molecule has 1 saturated heterocycles. The Morgan fingerprint density at radius 3 is 2.18 bits per heavy atom. The molecule has 204 valence electrons. The molecule has 13 nitrogen and oxygen atoms in total. The molecule has 1 unspecified atom stereocenters. The number of ether oxygens (including phenoxy) is 1. The molecule has 0 bridgehead atoms. The number of nitrogens with two attached hydrogens (primary N) is 1. The van der Waals surface area contributed by atoms with Gasteiger partial charge in [0, 0.05) is 31.8 Å². The second kappa shape index (κ2) is 11.3. The van der Waals surface area contributed by atoms with Crippen molar-refractivity contribution < 1.29 is 29.6 Å². The molecule has 39 heavy (non-hydrogen) atoms. The molecule has 1 aliphatic rings. The maximum Gasteiger partial charge on any atom is 0.344 e. The van der Waals surface area contributed by atoms with Crippen LogP contribution in [0.4, 0.5) is 5.69 Å². The van der Waals surface area contributed by atoms with Gasteiger partial charge in [-0.2, -0.15) is 0 Å². The molecular weight excluding hydrogens is 512 g/mol. The zero-order valence-corrected chi connectivity index (χ0v) is 21.2. The Labute approximate surface area is 220 Å². The Morgan fingerprint density at radius 1 is 0.974 bits per heavy atom. The first-order valence-electron chi connectivity index (χ1n) is 12.0. The Kier molecular flexibility index (Phi) is 7.93. The number of hydrogen-bond donors (Lipinski definition) is 2. The smallest absolute Gasteiger partial charge is 0.344 e. The van der Waals surface area contributed by atoms with Gasteiger partial charge in [0.05, 0.1) is 48.1 Å². The molecule has 3 heterocycles. The SMILES string of the molecule is C1COCC[NH2+]1.Cn1c([O-])c(C(c2ccc([N+](=O)[O-])cc2)c2c(O)c3ccccc3oc2=O)c(=O)n(C)c1=O. The zero-order valence-electron chi connectivity index (χ0n) is 21.2. The largest absolute Gasteiger partial charge is 0.860 e. The van der Waals surface area contributed by atoms with E-state index in [2.05, 4.69) is 5.32 Å². The molecule has 0 saturated carbocycles. The van der Waals surface area contributed by atoms with E-state index in [-0.39, 0.29) is 22.2 Å². The average Bonchev–Trinajstić information content (AvgIpc) is 2.95. The van der Waals surface area contributed by atoms with Gasteiger partial charge in [-0.1, -0.05) is 24.3 Å². The zero-order chi connectivity index (χ0) is 28.3. The average molecular weight is 539 g/mol. The summed E-state index contributed by atoms with van der Waals surface area (Å²) in [6.45, 7) is 4.19. The van der Waals surface area contributed by atoms with Crippen molar-refractivity contribution in [3.8, 4) is 11.6 Å². The minimum Gasteiger partial charge on any atom is -0.860 e. The Bertz CT molecular complexity index is 1690. The first-order valence-corrected chi connectivity index (χ1v) is 12.0. The van der Waals surface area contributed by atoms with Crippen molar-refractivity contribution in [2.75, 3.05) is 26.3 Å². The molecule has 3 N–H and O–H groups in total. The molecule has 0 radical (unpaired) electrons. The molecule has 0 spiro atoms. The van der Waals surface area contributed by atoms with Gasteiger partial charge in [-0.25, -0.2) is 9.59 Å². The molecule has 5 rings (SSSR count). The number of rotatable bonds is 4. The van der Waals surface area contributed by atoms with Gasteiger partial charge in [0.2, 0.25) is 0 Å². The van der Waals surface area contributed by atoms with Gasteiger partial charge < -0.3 is 29.3 Å². The lowest BCUT2D eigenvalue weighted by atomic mass is 9.85. The summed E-state index contributed by atoms with van der Waals surface area (Å²) in [6.07, 6.45) is 0. The number of morpholine rings is 1. The van der Waals surface area contributed by atoms with Gasteiger partial charge in [-0.15, -0.1) is 0 Å². The lowest BCUT2D eigenvalue weighted by Crippen LogP contribution is -2.87. The summed E-state index contributed by atoms with van der Waals surface area (Å²) in [5, 5.41) is 37.5. The quantitative estimate of drug-likeness (QED) is 0.199. The molecule has 1 atom stereocenters. The number of quaternary nitrogens is 1. The summed E-state index contributed by atoms with van der Waals surface area (Å²) in [7, 11) is 2.34. The number of fused-ring (bicyclic) bond motifs is 1. The highest BCUT2D eigenvalue weighted by Gasteiger charge is 2.30. The summed E-state index contributed by atoms with van der Waals surface area (Å²) in [6, 6.07) is 10.9. The van der Waals surface area contributed by atoms with E-state index in [1.807, 2.05) is 0 Å². The molecule has 13 heteroatoms. The standard InChI is InChI=1S/C22H17N3O8.C4H9NO/c1-23-19(27)17(20(28)24(2)22(23)30)15(11-7-9-12(10-8-11)25(31)32)16-18(26)13-5-3-4-6-14(13)33-21(16)29;1-3-6-4-2-5-1/h3-10,15,26-27H,1-2H3;5H,1-4H2. The van der Waals surface area contributed by atoms with Crippen molar-refractivity contribution in [2.45, 2.75) is 5.92 Å². The van der Waals surface area contributed by atoms with Crippen LogP contribution >= 0.6 is 0 Å². The van der Waals surface area contributed by atoms with Gasteiger partial charge in [0.1, 0.15) is 11.3 Å². The third-order valence-electron chi connectivity index (χ3n) is 6.41. The fraction of sp³-hybridized carbons (Fsp3) is 0.269. The minimum absolute atomic E-state index is 0.0851. The summed E-state index contributed by atoms with van der Waals surface area (Å²) in [4.78, 5) is 48.6. The van der Waals surface area contributed by atoms with E-state index in [0.29, 0.717) is 9.13 Å². The van der Waals surface area contributed by atoms with Crippen molar-refractivity contribution in [2.24, 2.45) is 14.1 Å². The van der Waals surface area contributed by atoms with Crippen LogP contribution in [0.1, 0.15) is 22.6 Å². The maximum absolute atomic E-state index is 13.0. The second-order valence-electron chi connectivity index (χ2n) is 8.83. The lowest BCUT2D eigenvalue weighted by Gasteiger charge is -2.25. The van der Waals surface area contributed by atoms with Crippen LogP contribution in [0.5, 0.6) is 11.6 Å². The molecule has 2 aromatic carbocycles. The van der Waals surface area contributed by atoms with Crippen LogP contribution in [0, 0.1) is 10.1 Å². The number of nitro groups is 1. The lowest BCUT2D eigenvalue weighted by molar-refractivity contribution is -0.670. The van der Waals surface area contributed by atoms with E-state index in [4.69, 9.17) is 9.15 Å². The molecule has 0 aliphatic carbocycles. The van der Waals surface area contributed by atoms with E-state index in [9.17, 15) is 34.7 Å². The van der Waals surface area contributed by atoms with E-state index in [0.717, 1.165) is 38.4 Å². The van der Waals surface area contributed by atoms with Gasteiger partial charge in [0.25, 0.3) is 11.2 Å². The van der Waals surface area contributed by atoms with Crippen LogP contribution in [0.2, 0.25) is 0 Å². The highest BCUT2D eigenvalue weighted by Crippen LogP contribution is 2.39. The summed E-state index contributed by atoms with van der Waals surface area (Å²) in [5.41, 5.74) is -3.80. The van der Waals surface area contributed by atoms with Gasteiger partial charge in [0.15, 0.2) is 0 Å². The van der Waals surface area contributed by atoms with Crippen molar-refractivity contribution in [1.29, 1.82) is 0 Å². The van der Waals surface area contributed by atoms with Crippen molar-refractivity contribution in [3.63, 3.8) is 0 Å². The predicted octanol–water partition coefficient (Wildman–Crippen LogP) is -0.362. The number of aromatic nitrogens is 2. The molecule has 1 fully saturated rings. The summed E-state index contributed by atoms with van der Waals surface area (Å²) < 4.78 is 11.8. The van der Waals surface area contributed by atoms with Crippen LogP contribution in [0.15, 0.2) is 67.3 Å². The molecule has 4 aromatic rings. The van der Waals surface area contributed by atoms with E-state index in [1.54, 1.807) is 12.1 Å². The second-order valence-corrected chi connectivity index (χ2v) is 8.83. The van der Waals surface area contributed by atoms with Crippen molar-refractivity contribution in [1.82, 2.24) is 9.13 Å². The van der Waals surface area contributed by atoms with E-state index in [1.165, 1.54) is 38.4 Å². The van der Waals surface area contributed by atoms with Gasteiger partial charge in [-0.3, -0.25) is 19.5 Å².